The lowest BCUT2D eigenvalue weighted by molar-refractivity contribution is -0.118. The molecule has 102 valence electrons. The molecule has 2 atom stereocenters. The SMILES string of the molecule is NC1C=CC(C(=O)Nc2ccccc2-n2ccnn2)C1. The second-order valence-electron chi connectivity index (χ2n) is 4.74. The van der Waals surface area contributed by atoms with Crippen LogP contribution in [0.1, 0.15) is 6.42 Å². The fourth-order valence-corrected chi connectivity index (χ4v) is 2.26. The van der Waals surface area contributed by atoms with Crippen molar-refractivity contribution in [1.82, 2.24) is 15.0 Å². The quantitative estimate of drug-likeness (QED) is 0.817. The van der Waals surface area contributed by atoms with Crippen LogP contribution in [0.15, 0.2) is 48.8 Å². The molecule has 3 rings (SSSR count). The van der Waals surface area contributed by atoms with E-state index in [1.54, 1.807) is 17.1 Å². The maximum absolute atomic E-state index is 12.2. The number of hydrogen-bond donors (Lipinski definition) is 2. The third-order valence-electron chi connectivity index (χ3n) is 3.28. The number of benzene rings is 1. The van der Waals surface area contributed by atoms with Crippen LogP contribution in [0.25, 0.3) is 5.69 Å². The molecule has 0 fully saturated rings. The van der Waals surface area contributed by atoms with E-state index in [9.17, 15) is 4.79 Å². The van der Waals surface area contributed by atoms with Gasteiger partial charge in [-0.25, -0.2) is 4.68 Å². The third kappa shape index (κ3) is 2.46. The zero-order valence-electron chi connectivity index (χ0n) is 10.8. The van der Waals surface area contributed by atoms with Gasteiger partial charge in [-0.1, -0.05) is 29.5 Å². The van der Waals surface area contributed by atoms with Gasteiger partial charge in [0.2, 0.25) is 5.91 Å². The van der Waals surface area contributed by atoms with E-state index in [2.05, 4.69) is 15.6 Å². The Morgan fingerprint density at radius 1 is 1.35 bits per heavy atom. The second-order valence-corrected chi connectivity index (χ2v) is 4.74. The van der Waals surface area contributed by atoms with Crippen LogP contribution < -0.4 is 11.1 Å². The molecule has 0 spiro atoms. The Balaban J connectivity index is 1.81. The molecule has 3 N–H and O–H groups in total. The zero-order valence-corrected chi connectivity index (χ0v) is 10.8. The summed E-state index contributed by atoms with van der Waals surface area (Å²) in [6, 6.07) is 7.44. The first-order valence-corrected chi connectivity index (χ1v) is 6.44. The van der Waals surface area contributed by atoms with Crippen LogP contribution >= 0.6 is 0 Å². The number of para-hydroxylation sites is 2. The van der Waals surface area contributed by atoms with Crippen molar-refractivity contribution >= 4 is 11.6 Å². The van der Waals surface area contributed by atoms with E-state index in [4.69, 9.17) is 5.73 Å². The van der Waals surface area contributed by atoms with E-state index in [0.717, 1.165) is 5.69 Å². The summed E-state index contributed by atoms with van der Waals surface area (Å²) >= 11 is 0. The largest absolute Gasteiger partial charge is 0.324 e. The lowest BCUT2D eigenvalue weighted by Gasteiger charge is -2.13. The Labute approximate surface area is 116 Å². The van der Waals surface area contributed by atoms with Crippen molar-refractivity contribution in [1.29, 1.82) is 0 Å². The second kappa shape index (κ2) is 5.26. The van der Waals surface area contributed by atoms with Crippen molar-refractivity contribution in [3.63, 3.8) is 0 Å². The summed E-state index contributed by atoms with van der Waals surface area (Å²) in [4.78, 5) is 12.2. The smallest absolute Gasteiger partial charge is 0.231 e. The minimum absolute atomic E-state index is 0.0312. The maximum atomic E-state index is 12.2. The molecular formula is C14H15N5O. The highest BCUT2D eigenvalue weighted by molar-refractivity contribution is 5.95. The maximum Gasteiger partial charge on any atom is 0.231 e. The number of aromatic nitrogens is 3. The highest BCUT2D eigenvalue weighted by atomic mass is 16.1. The molecule has 6 nitrogen and oxygen atoms in total. The summed E-state index contributed by atoms with van der Waals surface area (Å²) in [5.74, 6) is -0.226. The summed E-state index contributed by atoms with van der Waals surface area (Å²) in [5.41, 5.74) is 7.26. The highest BCUT2D eigenvalue weighted by Gasteiger charge is 2.23. The number of nitrogens with zero attached hydrogens (tertiary/aromatic N) is 3. The Morgan fingerprint density at radius 2 is 2.20 bits per heavy atom. The van der Waals surface area contributed by atoms with Gasteiger partial charge in [0, 0.05) is 6.04 Å². The summed E-state index contributed by atoms with van der Waals surface area (Å²) < 4.78 is 1.62. The average molecular weight is 269 g/mol. The monoisotopic (exact) mass is 269 g/mol. The first-order chi connectivity index (χ1) is 9.74. The Kier molecular flexibility index (Phi) is 3.30. The number of carbonyl (C=O) groups is 1. The van der Waals surface area contributed by atoms with Crippen LogP contribution in [-0.4, -0.2) is 26.9 Å². The van der Waals surface area contributed by atoms with Gasteiger partial charge < -0.3 is 11.1 Å². The molecule has 1 aliphatic rings. The number of amides is 1. The van der Waals surface area contributed by atoms with E-state index in [1.165, 1.54) is 0 Å². The van der Waals surface area contributed by atoms with Crippen LogP contribution in [0, 0.1) is 5.92 Å². The first-order valence-electron chi connectivity index (χ1n) is 6.44. The van der Waals surface area contributed by atoms with Crippen molar-refractivity contribution < 1.29 is 4.79 Å². The molecule has 1 amide bonds. The van der Waals surface area contributed by atoms with E-state index in [1.807, 2.05) is 36.4 Å². The predicted molar refractivity (Wildman–Crippen MR) is 75.2 cm³/mol. The van der Waals surface area contributed by atoms with Crippen LogP contribution in [0.3, 0.4) is 0 Å². The number of nitrogens with two attached hydrogens (primary N) is 1. The van der Waals surface area contributed by atoms with Crippen molar-refractivity contribution in [3.05, 3.63) is 48.8 Å². The highest BCUT2D eigenvalue weighted by Crippen LogP contribution is 2.22. The van der Waals surface area contributed by atoms with Crippen LogP contribution in [0.5, 0.6) is 0 Å². The molecule has 6 heteroatoms. The van der Waals surface area contributed by atoms with Gasteiger partial charge in [-0.2, -0.15) is 0 Å². The van der Waals surface area contributed by atoms with Crippen molar-refractivity contribution in [2.45, 2.75) is 12.5 Å². The van der Waals surface area contributed by atoms with Gasteiger partial charge in [0.05, 0.1) is 29.7 Å². The van der Waals surface area contributed by atoms with E-state index >= 15 is 0 Å². The number of hydrogen-bond acceptors (Lipinski definition) is 4. The van der Waals surface area contributed by atoms with Crippen LogP contribution in [-0.2, 0) is 4.79 Å². The van der Waals surface area contributed by atoms with E-state index in [-0.39, 0.29) is 17.9 Å². The van der Waals surface area contributed by atoms with Crippen molar-refractivity contribution in [2.24, 2.45) is 11.7 Å². The van der Waals surface area contributed by atoms with Crippen molar-refractivity contribution in [3.8, 4) is 5.69 Å². The van der Waals surface area contributed by atoms with Gasteiger partial charge in [-0.15, -0.1) is 5.10 Å². The summed E-state index contributed by atoms with van der Waals surface area (Å²) in [6.45, 7) is 0. The summed E-state index contributed by atoms with van der Waals surface area (Å²) in [7, 11) is 0. The predicted octanol–water partition coefficient (Wildman–Crippen LogP) is 1.11. The Morgan fingerprint density at radius 3 is 2.90 bits per heavy atom. The topological polar surface area (TPSA) is 85.8 Å². The first kappa shape index (κ1) is 12.6. The van der Waals surface area contributed by atoms with Gasteiger partial charge in [0.1, 0.15) is 0 Å². The van der Waals surface area contributed by atoms with Crippen LogP contribution in [0.4, 0.5) is 5.69 Å². The molecule has 1 heterocycles. The zero-order chi connectivity index (χ0) is 13.9. The lowest BCUT2D eigenvalue weighted by Crippen LogP contribution is -2.24. The molecule has 1 aromatic carbocycles. The number of nitrogens with one attached hydrogen (secondary N) is 1. The van der Waals surface area contributed by atoms with Crippen LogP contribution in [0.2, 0.25) is 0 Å². The molecule has 0 aliphatic heterocycles. The Hall–Kier alpha value is -2.47. The molecule has 2 unspecified atom stereocenters. The standard InChI is InChI=1S/C14H15N5O/c15-11-6-5-10(9-11)14(20)17-12-3-1-2-4-13(12)19-8-7-16-18-19/h1-8,10-11H,9,15H2,(H,17,20). The molecule has 0 saturated carbocycles. The molecule has 0 saturated heterocycles. The van der Waals surface area contributed by atoms with Gasteiger partial charge in [-0.3, -0.25) is 4.79 Å². The molecule has 20 heavy (non-hydrogen) atoms. The molecule has 0 radical (unpaired) electrons. The molecule has 0 bridgehead atoms. The number of anilines is 1. The average Bonchev–Trinajstić information content (AvgIpc) is 3.10. The minimum atomic E-state index is -0.172. The van der Waals surface area contributed by atoms with E-state index < -0.39 is 0 Å². The third-order valence-corrected chi connectivity index (χ3v) is 3.28. The molecule has 2 aromatic rings. The Bertz CT molecular complexity index is 635. The minimum Gasteiger partial charge on any atom is -0.324 e. The normalized spacial score (nSPS) is 21.1. The summed E-state index contributed by atoms with van der Waals surface area (Å²) in [6.07, 6.45) is 7.71. The molecule has 1 aliphatic carbocycles. The van der Waals surface area contributed by atoms with Gasteiger partial charge in [-0.05, 0) is 18.6 Å². The summed E-state index contributed by atoms with van der Waals surface area (Å²) in [5, 5.41) is 10.7. The van der Waals surface area contributed by atoms with E-state index in [0.29, 0.717) is 12.1 Å². The molecular weight excluding hydrogens is 254 g/mol. The fraction of sp³-hybridized carbons (Fsp3) is 0.214. The van der Waals surface area contributed by atoms with Gasteiger partial charge >= 0.3 is 0 Å². The fourth-order valence-electron chi connectivity index (χ4n) is 2.26. The van der Waals surface area contributed by atoms with Gasteiger partial charge in [0.25, 0.3) is 0 Å². The number of rotatable bonds is 3. The number of carbonyl (C=O) groups excluding carboxylic acids is 1. The lowest BCUT2D eigenvalue weighted by atomic mass is 10.1. The van der Waals surface area contributed by atoms with Crippen molar-refractivity contribution in [2.75, 3.05) is 5.32 Å². The molecule has 1 aromatic heterocycles. The van der Waals surface area contributed by atoms with Gasteiger partial charge in [0.15, 0.2) is 0 Å².